The van der Waals surface area contributed by atoms with Gasteiger partial charge in [-0.3, -0.25) is 0 Å². The van der Waals surface area contributed by atoms with Gasteiger partial charge in [-0.25, -0.2) is 14.4 Å². The van der Waals surface area contributed by atoms with Crippen molar-refractivity contribution in [3.8, 4) is 17.2 Å². The number of carboxylic acids is 1. The van der Waals surface area contributed by atoms with Crippen LogP contribution in [-0.4, -0.2) is 74.5 Å². The first kappa shape index (κ1) is 27.2. The Kier molecular flexibility index (Phi) is 8.53. The van der Waals surface area contributed by atoms with E-state index in [-0.39, 0.29) is 17.2 Å². The summed E-state index contributed by atoms with van der Waals surface area (Å²) in [6.45, 7) is 0. The van der Waals surface area contributed by atoms with Crippen LogP contribution in [-0.2, 0) is 23.9 Å². The smallest absolute Gasteiger partial charge is 0.348 e. The third-order valence-corrected chi connectivity index (χ3v) is 5.72. The van der Waals surface area contributed by atoms with E-state index in [0.717, 1.165) is 12.2 Å². The lowest BCUT2D eigenvalue weighted by atomic mass is 9.79. The topological polar surface area (TPSA) is 180 Å². The molecule has 0 amide bonds. The molecule has 11 nitrogen and oxygen atoms in total. The molecule has 0 aromatic heterocycles. The maximum absolute atomic E-state index is 12.5. The van der Waals surface area contributed by atoms with Gasteiger partial charge in [0.15, 0.2) is 11.5 Å². The fraction of sp³-hybridized carbons (Fsp3) is 0.269. The fourth-order valence-corrected chi connectivity index (χ4v) is 3.78. The lowest BCUT2D eigenvalue weighted by molar-refractivity contribution is -0.207. The number of methoxy groups -OCH3 is 1. The molecule has 1 saturated carbocycles. The molecule has 1 aliphatic rings. The molecule has 0 heterocycles. The van der Waals surface area contributed by atoms with Crippen molar-refractivity contribution in [2.75, 3.05) is 7.11 Å². The van der Waals surface area contributed by atoms with Crippen molar-refractivity contribution in [2.45, 2.75) is 36.8 Å². The first-order valence-corrected chi connectivity index (χ1v) is 11.1. The molecular formula is C26H26O11. The number of hydrogen-bond donors (Lipinski definition) is 5. The lowest BCUT2D eigenvalue weighted by Gasteiger charge is -2.41. The largest absolute Gasteiger partial charge is 0.508 e. The Labute approximate surface area is 211 Å². The summed E-state index contributed by atoms with van der Waals surface area (Å²) < 4.78 is 15.4. The van der Waals surface area contributed by atoms with Crippen molar-refractivity contribution in [3.63, 3.8) is 0 Å². The SMILES string of the molecule is COc1cc(C=CC(=O)O[C@]2(C(=O)O)C[C@@H](O)[C@H](O)[C@@H](OC(=O)C=Cc3ccc(O)cc3)C2)ccc1O. The molecule has 0 radical (unpaired) electrons. The summed E-state index contributed by atoms with van der Waals surface area (Å²) in [6, 6.07) is 10.2. The van der Waals surface area contributed by atoms with Crippen molar-refractivity contribution < 1.29 is 54.1 Å². The standard InChI is InChI=1S/C26H26O11/c1-35-20-12-16(4-9-18(20)28)6-11-23(31)37-26(25(33)34)13-19(29)24(32)21(14-26)36-22(30)10-5-15-2-7-17(27)8-3-15/h2-12,19,21,24,27-29,32H,13-14H2,1H3,(H,33,34)/t19-,21+,24+,26-/m1/s1. The third kappa shape index (κ3) is 6.87. The Morgan fingerprint density at radius 2 is 1.54 bits per heavy atom. The van der Waals surface area contributed by atoms with Crippen LogP contribution in [0.5, 0.6) is 17.2 Å². The predicted molar refractivity (Wildman–Crippen MR) is 128 cm³/mol. The minimum Gasteiger partial charge on any atom is -0.508 e. The summed E-state index contributed by atoms with van der Waals surface area (Å²) >= 11 is 0. The zero-order valence-corrected chi connectivity index (χ0v) is 19.7. The van der Waals surface area contributed by atoms with Gasteiger partial charge < -0.3 is 39.7 Å². The number of carboxylic acid groups (broad SMARTS) is 1. The molecule has 4 atom stereocenters. The van der Waals surface area contributed by atoms with Crippen LogP contribution in [0.25, 0.3) is 12.2 Å². The first-order valence-electron chi connectivity index (χ1n) is 11.1. The highest BCUT2D eigenvalue weighted by molar-refractivity contribution is 5.91. The number of carbonyl (C=O) groups is 3. The molecule has 0 bridgehead atoms. The maximum atomic E-state index is 12.5. The zero-order chi connectivity index (χ0) is 27.2. The van der Waals surface area contributed by atoms with Crippen LogP contribution < -0.4 is 4.74 Å². The number of benzene rings is 2. The lowest BCUT2D eigenvalue weighted by Crippen LogP contribution is -2.58. The molecule has 11 heteroatoms. The molecule has 196 valence electrons. The van der Waals surface area contributed by atoms with Crippen LogP contribution >= 0.6 is 0 Å². The molecule has 3 rings (SSSR count). The van der Waals surface area contributed by atoms with E-state index in [1.807, 2.05) is 0 Å². The summed E-state index contributed by atoms with van der Waals surface area (Å²) in [6.07, 6.45) is -1.34. The number of esters is 2. The number of aromatic hydroxyl groups is 2. The molecule has 2 aromatic rings. The second-order valence-corrected chi connectivity index (χ2v) is 8.35. The summed E-state index contributed by atoms with van der Waals surface area (Å²) in [4.78, 5) is 36.9. The normalized spacial score (nSPS) is 23.6. The average molecular weight is 514 g/mol. The van der Waals surface area contributed by atoms with Crippen LogP contribution in [0.3, 0.4) is 0 Å². The van der Waals surface area contributed by atoms with E-state index >= 15 is 0 Å². The molecule has 2 aromatic carbocycles. The van der Waals surface area contributed by atoms with E-state index < -0.39 is 54.7 Å². The monoisotopic (exact) mass is 514 g/mol. The highest BCUT2D eigenvalue weighted by Crippen LogP contribution is 2.35. The maximum Gasteiger partial charge on any atom is 0.348 e. The molecule has 0 aliphatic heterocycles. The van der Waals surface area contributed by atoms with Crippen LogP contribution in [0.15, 0.2) is 54.6 Å². The predicted octanol–water partition coefficient (Wildman–Crippen LogP) is 1.63. The van der Waals surface area contributed by atoms with E-state index in [1.54, 1.807) is 0 Å². The van der Waals surface area contributed by atoms with Crippen LogP contribution in [0.4, 0.5) is 0 Å². The molecule has 0 unspecified atom stereocenters. The van der Waals surface area contributed by atoms with Gasteiger partial charge in [0.2, 0.25) is 5.60 Å². The van der Waals surface area contributed by atoms with Gasteiger partial charge in [0.1, 0.15) is 18.0 Å². The number of rotatable bonds is 8. The summed E-state index contributed by atoms with van der Waals surface area (Å²) in [7, 11) is 1.35. The number of hydrogen-bond acceptors (Lipinski definition) is 10. The average Bonchev–Trinajstić information content (AvgIpc) is 2.86. The molecule has 5 N–H and O–H groups in total. The summed E-state index contributed by atoms with van der Waals surface area (Å²) in [5, 5.41) is 49.4. The van der Waals surface area contributed by atoms with E-state index in [9.17, 15) is 39.9 Å². The van der Waals surface area contributed by atoms with Gasteiger partial charge in [-0.2, -0.15) is 0 Å². The number of aliphatic carboxylic acids is 1. The molecule has 1 aliphatic carbocycles. The van der Waals surface area contributed by atoms with Gasteiger partial charge in [0.05, 0.1) is 13.2 Å². The summed E-state index contributed by atoms with van der Waals surface area (Å²) in [5.41, 5.74) is -1.27. The third-order valence-electron chi connectivity index (χ3n) is 5.72. The minimum absolute atomic E-state index is 0.0382. The van der Waals surface area contributed by atoms with Gasteiger partial charge in [0.25, 0.3) is 0 Å². The van der Waals surface area contributed by atoms with Crippen LogP contribution in [0, 0.1) is 0 Å². The van der Waals surface area contributed by atoms with E-state index in [0.29, 0.717) is 11.1 Å². The van der Waals surface area contributed by atoms with Crippen molar-refractivity contribution >= 4 is 30.1 Å². The number of phenols is 2. The molecule has 1 fully saturated rings. The van der Waals surface area contributed by atoms with Gasteiger partial charge in [-0.05, 0) is 47.5 Å². The van der Waals surface area contributed by atoms with Gasteiger partial charge in [-0.1, -0.05) is 18.2 Å². The second kappa shape index (κ2) is 11.6. The van der Waals surface area contributed by atoms with E-state index in [2.05, 4.69) is 0 Å². The number of aliphatic hydroxyl groups is 2. The van der Waals surface area contributed by atoms with Crippen LogP contribution in [0.2, 0.25) is 0 Å². The molecular weight excluding hydrogens is 488 g/mol. The molecule has 37 heavy (non-hydrogen) atoms. The van der Waals surface area contributed by atoms with Crippen molar-refractivity contribution in [2.24, 2.45) is 0 Å². The molecule has 0 spiro atoms. The highest BCUT2D eigenvalue weighted by atomic mass is 16.6. The fourth-order valence-electron chi connectivity index (χ4n) is 3.78. The van der Waals surface area contributed by atoms with Gasteiger partial charge in [-0.15, -0.1) is 0 Å². The molecule has 0 saturated heterocycles. The number of aliphatic hydroxyl groups excluding tert-OH is 2. The Balaban J connectivity index is 1.72. The van der Waals surface area contributed by atoms with Crippen molar-refractivity contribution in [3.05, 3.63) is 65.7 Å². The van der Waals surface area contributed by atoms with Crippen molar-refractivity contribution in [1.29, 1.82) is 0 Å². The Morgan fingerprint density at radius 1 is 0.919 bits per heavy atom. The number of phenolic OH excluding ortho intramolecular Hbond substituents is 2. The quantitative estimate of drug-likeness (QED) is 0.255. The second-order valence-electron chi connectivity index (χ2n) is 8.35. The van der Waals surface area contributed by atoms with Crippen LogP contribution in [0.1, 0.15) is 24.0 Å². The zero-order valence-electron chi connectivity index (χ0n) is 19.7. The summed E-state index contributed by atoms with van der Waals surface area (Å²) in [5.74, 6) is -3.50. The first-order chi connectivity index (χ1) is 17.5. The minimum atomic E-state index is -2.28. The van der Waals surface area contributed by atoms with Gasteiger partial charge in [0, 0.05) is 25.0 Å². The Hall–Kier alpha value is -4.35. The van der Waals surface area contributed by atoms with E-state index in [4.69, 9.17) is 14.2 Å². The number of ether oxygens (including phenoxy) is 3. The highest BCUT2D eigenvalue weighted by Gasteiger charge is 2.54. The Morgan fingerprint density at radius 3 is 2.19 bits per heavy atom. The van der Waals surface area contributed by atoms with Crippen molar-refractivity contribution in [1.82, 2.24) is 0 Å². The van der Waals surface area contributed by atoms with E-state index in [1.165, 1.54) is 61.7 Å². The number of carbonyl (C=O) groups excluding carboxylic acids is 2. The van der Waals surface area contributed by atoms with Gasteiger partial charge >= 0.3 is 17.9 Å². The Bertz CT molecular complexity index is 1200.